The first-order valence-corrected chi connectivity index (χ1v) is 10.2. The summed E-state index contributed by atoms with van der Waals surface area (Å²) in [4.78, 5) is 12.4. The Hall–Kier alpha value is -1.27. The van der Waals surface area contributed by atoms with E-state index < -0.39 is 10.0 Å². The number of carbonyl (C=O) groups excluding carboxylic acids is 1. The molecule has 1 aromatic carbocycles. The van der Waals surface area contributed by atoms with Gasteiger partial charge in [-0.3, -0.25) is 9.52 Å². The van der Waals surface area contributed by atoms with Gasteiger partial charge in [0.2, 0.25) is 10.0 Å². The Bertz CT molecular complexity index is 653. The van der Waals surface area contributed by atoms with Gasteiger partial charge in [0.15, 0.2) is 0 Å². The van der Waals surface area contributed by atoms with Crippen molar-refractivity contribution < 1.29 is 13.2 Å². The second kappa shape index (κ2) is 8.02. The molecule has 2 N–H and O–H groups in total. The monoisotopic (exact) mass is 358 g/mol. The van der Waals surface area contributed by atoms with Crippen LogP contribution >= 0.6 is 11.6 Å². The molecule has 0 atom stereocenters. The lowest BCUT2D eigenvalue weighted by atomic mass is 9.96. The van der Waals surface area contributed by atoms with Crippen molar-refractivity contribution >= 4 is 33.2 Å². The van der Waals surface area contributed by atoms with Crippen molar-refractivity contribution in [3.05, 3.63) is 28.8 Å². The van der Waals surface area contributed by atoms with Crippen LogP contribution in [0.5, 0.6) is 0 Å². The molecule has 0 aromatic heterocycles. The molecule has 0 saturated heterocycles. The summed E-state index contributed by atoms with van der Waals surface area (Å²) in [6.45, 7) is 0. The fourth-order valence-electron chi connectivity index (χ4n) is 2.81. The fraction of sp³-hybridized carbons (Fsp3) is 0.562. The van der Waals surface area contributed by atoms with Crippen LogP contribution in [0.25, 0.3) is 0 Å². The van der Waals surface area contributed by atoms with E-state index >= 15 is 0 Å². The highest BCUT2D eigenvalue weighted by Crippen LogP contribution is 2.24. The Morgan fingerprint density at radius 2 is 1.74 bits per heavy atom. The second-order valence-corrected chi connectivity index (χ2v) is 8.24. The molecule has 0 unspecified atom stereocenters. The Balaban J connectivity index is 2.07. The van der Waals surface area contributed by atoms with Crippen LogP contribution in [-0.2, 0) is 10.0 Å². The summed E-state index contributed by atoms with van der Waals surface area (Å²) in [6, 6.07) is 4.79. The zero-order valence-corrected chi connectivity index (χ0v) is 14.8. The molecule has 23 heavy (non-hydrogen) atoms. The van der Waals surface area contributed by atoms with E-state index in [-0.39, 0.29) is 22.7 Å². The van der Waals surface area contributed by atoms with Crippen molar-refractivity contribution in [3.8, 4) is 0 Å². The Morgan fingerprint density at radius 1 is 1.13 bits per heavy atom. The van der Waals surface area contributed by atoms with Crippen molar-refractivity contribution in [2.24, 2.45) is 0 Å². The molecule has 1 amide bonds. The first kappa shape index (κ1) is 18.1. The largest absolute Gasteiger partial charge is 0.349 e. The quantitative estimate of drug-likeness (QED) is 0.864. The number of carbonyl (C=O) groups is 1. The van der Waals surface area contributed by atoms with E-state index in [1.165, 1.54) is 31.4 Å². The smallest absolute Gasteiger partial charge is 0.251 e. The number of hydrogen-bond acceptors (Lipinski definition) is 3. The van der Waals surface area contributed by atoms with Crippen LogP contribution in [0.4, 0.5) is 5.69 Å². The molecule has 2 rings (SSSR count). The number of halogens is 1. The van der Waals surface area contributed by atoms with Crippen LogP contribution < -0.4 is 10.0 Å². The highest BCUT2D eigenvalue weighted by Gasteiger charge is 2.16. The molecule has 7 heteroatoms. The maximum Gasteiger partial charge on any atom is 0.251 e. The highest BCUT2D eigenvalue weighted by molar-refractivity contribution is 7.92. The van der Waals surface area contributed by atoms with Gasteiger partial charge in [-0.2, -0.15) is 0 Å². The summed E-state index contributed by atoms with van der Waals surface area (Å²) in [5.41, 5.74) is 0.627. The molecule has 5 nitrogen and oxygen atoms in total. The van der Waals surface area contributed by atoms with Gasteiger partial charge in [0, 0.05) is 11.6 Å². The molecular weight excluding hydrogens is 336 g/mol. The van der Waals surface area contributed by atoms with E-state index in [0.29, 0.717) is 5.56 Å². The Kier molecular flexibility index (Phi) is 6.30. The van der Waals surface area contributed by atoms with Gasteiger partial charge in [0.25, 0.3) is 5.91 Å². The van der Waals surface area contributed by atoms with E-state index in [4.69, 9.17) is 11.6 Å². The number of hydrogen-bond donors (Lipinski definition) is 2. The van der Waals surface area contributed by atoms with Crippen molar-refractivity contribution in [1.82, 2.24) is 5.32 Å². The van der Waals surface area contributed by atoms with E-state index in [0.717, 1.165) is 31.9 Å². The number of nitrogens with one attached hydrogen (secondary N) is 2. The first-order chi connectivity index (χ1) is 10.8. The molecule has 1 aromatic rings. The van der Waals surface area contributed by atoms with Crippen LogP contribution in [0.1, 0.15) is 55.3 Å². The van der Waals surface area contributed by atoms with Crippen molar-refractivity contribution in [2.45, 2.75) is 51.0 Å². The van der Waals surface area contributed by atoms with E-state index in [1.54, 1.807) is 6.07 Å². The Morgan fingerprint density at radius 3 is 2.35 bits per heavy atom. The third-order valence-corrected chi connectivity index (χ3v) is 4.88. The number of rotatable bonds is 4. The number of sulfonamides is 1. The molecular formula is C16H23ClN2O3S. The van der Waals surface area contributed by atoms with E-state index in [1.807, 2.05) is 0 Å². The summed E-state index contributed by atoms with van der Waals surface area (Å²) in [6.07, 6.45) is 9.01. The normalized spacial score (nSPS) is 17.1. The molecule has 1 aliphatic carbocycles. The predicted molar refractivity (Wildman–Crippen MR) is 93.5 cm³/mol. The lowest BCUT2D eigenvalue weighted by Gasteiger charge is -2.21. The minimum atomic E-state index is -3.44. The molecule has 0 radical (unpaired) electrons. The van der Waals surface area contributed by atoms with Gasteiger partial charge in [-0.05, 0) is 31.0 Å². The molecule has 1 fully saturated rings. The zero-order valence-electron chi connectivity index (χ0n) is 13.3. The van der Waals surface area contributed by atoms with Gasteiger partial charge < -0.3 is 5.32 Å². The van der Waals surface area contributed by atoms with Crippen LogP contribution in [0.15, 0.2) is 18.2 Å². The molecule has 128 valence electrons. The molecule has 0 aliphatic heterocycles. The average Bonchev–Trinajstić information content (AvgIpc) is 2.42. The zero-order chi connectivity index (χ0) is 16.9. The first-order valence-electron chi connectivity index (χ1n) is 7.93. The van der Waals surface area contributed by atoms with Gasteiger partial charge in [-0.15, -0.1) is 0 Å². The summed E-state index contributed by atoms with van der Waals surface area (Å²) in [5, 5.41) is 3.32. The van der Waals surface area contributed by atoms with Crippen LogP contribution in [0.2, 0.25) is 5.02 Å². The van der Waals surface area contributed by atoms with E-state index in [9.17, 15) is 13.2 Å². The van der Waals surface area contributed by atoms with Gasteiger partial charge in [-0.1, -0.05) is 43.7 Å². The summed E-state index contributed by atoms with van der Waals surface area (Å²) < 4.78 is 25.0. The van der Waals surface area contributed by atoms with Gasteiger partial charge in [0.05, 0.1) is 17.0 Å². The lowest BCUT2D eigenvalue weighted by molar-refractivity contribution is 0.0930. The topological polar surface area (TPSA) is 75.3 Å². The summed E-state index contributed by atoms with van der Waals surface area (Å²) >= 11 is 5.98. The third kappa shape index (κ3) is 6.03. The average molecular weight is 359 g/mol. The second-order valence-electron chi connectivity index (χ2n) is 6.08. The molecule has 0 heterocycles. The third-order valence-electron chi connectivity index (χ3n) is 3.96. The van der Waals surface area contributed by atoms with Crippen molar-refractivity contribution in [3.63, 3.8) is 0 Å². The van der Waals surface area contributed by atoms with Gasteiger partial charge in [0.1, 0.15) is 0 Å². The predicted octanol–water partition coefficient (Wildman–Crippen LogP) is 3.55. The molecule has 0 spiro atoms. The minimum Gasteiger partial charge on any atom is -0.349 e. The number of anilines is 1. The highest BCUT2D eigenvalue weighted by atomic mass is 35.5. The molecule has 1 aliphatic rings. The minimum absolute atomic E-state index is 0.185. The number of benzene rings is 1. The van der Waals surface area contributed by atoms with Gasteiger partial charge in [-0.25, -0.2) is 8.42 Å². The molecule has 0 bridgehead atoms. The van der Waals surface area contributed by atoms with Crippen LogP contribution in [0, 0.1) is 0 Å². The standard InChI is InChI=1S/C16H23ClN2O3S/c1-23(21,22)19-15-11-12(9-10-14(15)17)16(20)18-13-7-5-3-2-4-6-8-13/h9-11,13,19H,2-8H2,1H3,(H,18,20). The fourth-order valence-corrected chi connectivity index (χ4v) is 3.60. The maximum atomic E-state index is 12.4. The summed E-state index contributed by atoms with van der Waals surface area (Å²) in [7, 11) is -3.44. The lowest BCUT2D eigenvalue weighted by Crippen LogP contribution is -2.35. The van der Waals surface area contributed by atoms with Crippen LogP contribution in [-0.4, -0.2) is 26.6 Å². The van der Waals surface area contributed by atoms with Crippen LogP contribution in [0.3, 0.4) is 0 Å². The number of amides is 1. The summed E-state index contributed by atoms with van der Waals surface area (Å²) in [5.74, 6) is -0.191. The van der Waals surface area contributed by atoms with Crippen molar-refractivity contribution in [2.75, 3.05) is 11.0 Å². The molecule has 1 saturated carbocycles. The van der Waals surface area contributed by atoms with Crippen molar-refractivity contribution in [1.29, 1.82) is 0 Å². The Labute approximate surface area is 142 Å². The maximum absolute atomic E-state index is 12.4. The van der Waals surface area contributed by atoms with Gasteiger partial charge >= 0.3 is 0 Å². The SMILES string of the molecule is CS(=O)(=O)Nc1cc(C(=O)NC2CCCCCCC2)ccc1Cl. The van der Waals surface area contributed by atoms with E-state index in [2.05, 4.69) is 10.0 Å².